The van der Waals surface area contributed by atoms with Gasteiger partial charge in [-0.15, -0.1) is 0 Å². The number of nitrogens with zero attached hydrogens (tertiary/aromatic N) is 2. The van der Waals surface area contributed by atoms with E-state index in [0.717, 1.165) is 17.5 Å². The molecule has 1 heterocycles. The molecule has 2 aromatic carbocycles. The van der Waals surface area contributed by atoms with Crippen LogP contribution in [0.4, 0.5) is 30.6 Å². The maximum absolute atomic E-state index is 13.4. The highest BCUT2D eigenvalue weighted by atomic mass is 19.2. The van der Waals surface area contributed by atoms with Crippen molar-refractivity contribution in [3.8, 4) is 0 Å². The summed E-state index contributed by atoms with van der Waals surface area (Å²) in [7, 11) is 0. The second-order valence-corrected chi connectivity index (χ2v) is 6.56. The molecule has 7 heteroatoms. The predicted molar refractivity (Wildman–Crippen MR) is 94.9 cm³/mol. The van der Waals surface area contributed by atoms with Gasteiger partial charge < -0.3 is 10.6 Å². The van der Waals surface area contributed by atoms with Gasteiger partial charge in [-0.05, 0) is 37.8 Å². The van der Waals surface area contributed by atoms with Crippen LogP contribution < -0.4 is 10.6 Å². The van der Waals surface area contributed by atoms with Crippen molar-refractivity contribution in [2.24, 2.45) is 5.92 Å². The van der Waals surface area contributed by atoms with Crippen molar-refractivity contribution >= 4 is 28.4 Å². The largest absolute Gasteiger partial charge is 0.367 e. The second kappa shape index (κ2) is 6.48. The van der Waals surface area contributed by atoms with Gasteiger partial charge in [-0.3, -0.25) is 0 Å². The lowest BCUT2D eigenvalue weighted by molar-refractivity contribution is 0.448. The molecule has 0 aliphatic heterocycles. The summed E-state index contributed by atoms with van der Waals surface area (Å²) in [5.41, 5.74) is 0.733. The Kier molecular flexibility index (Phi) is 4.14. The van der Waals surface area contributed by atoms with Gasteiger partial charge >= 0.3 is 0 Å². The Hall–Kier alpha value is -2.83. The summed E-state index contributed by atoms with van der Waals surface area (Å²) in [6.45, 7) is 2.10. The van der Waals surface area contributed by atoms with E-state index < -0.39 is 17.5 Å². The highest BCUT2D eigenvalue weighted by Gasteiger charge is 2.28. The van der Waals surface area contributed by atoms with E-state index in [0.29, 0.717) is 17.3 Å². The molecule has 1 atom stereocenters. The molecule has 1 fully saturated rings. The van der Waals surface area contributed by atoms with Crippen molar-refractivity contribution in [1.82, 2.24) is 9.97 Å². The molecule has 26 heavy (non-hydrogen) atoms. The van der Waals surface area contributed by atoms with Crippen molar-refractivity contribution in [3.63, 3.8) is 0 Å². The molecule has 1 aromatic heterocycles. The molecule has 2 N–H and O–H groups in total. The Bertz CT molecular complexity index is 949. The molecule has 0 bridgehead atoms. The minimum absolute atomic E-state index is 0.0397. The quantitative estimate of drug-likeness (QED) is 0.630. The minimum atomic E-state index is -1.50. The van der Waals surface area contributed by atoms with E-state index in [1.807, 2.05) is 24.3 Å². The van der Waals surface area contributed by atoms with Crippen molar-refractivity contribution in [2.45, 2.75) is 25.8 Å². The van der Waals surface area contributed by atoms with Crippen molar-refractivity contribution < 1.29 is 13.2 Å². The summed E-state index contributed by atoms with van der Waals surface area (Å²) < 4.78 is 40.0. The zero-order valence-electron chi connectivity index (χ0n) is 14.1. The molecule has 4 rings (SSSR count). The lowest BCUT2D eigenvalue weighted by atomic mass is 10.2. The normalized spacial score (nSPS) is 15.1. The van der Waals surface area contributed by atoms with Crippen LogP contribution in [0, 0.1) is 23.4 Å². The minimum Gasteiger partial charge on any atom is -0.367 e. The SMILES string of the molecule is C[C@@H](Nc1nc(Nc2cc(F)c(F)c(F)c2)nc2ccccc12)C1CC1. The fourth-order valence-corrected chi connectivity index (χ4v) is 2.93. The zero-order chi connectivity index (χ0) is 18.3. The number of fused-ring (bicyclic) bond motifs is 1. The van der Waals surface area contributed by atoms with Gasteiger partial charge in [0, 0.05) is 29.2 Å². The van der Waals surface area contributed by atoms with Gasteiger partial charge in [-0.25, -0.2) is 18.2 Å². The van der Waals surface area contributed by atoms with Crippen LogP contribution >= 0.6 is 0 Å². The molecule has 1 aliphatic rings. The highest BCUT2D eigenvalue weighted by molar-refractivity contribution is 5.90. The fourth-order valence-electron chi connectivity index (χ4n) is 2.93. The van der Waals surface area contributed by atoms with Gasteiger partial charge in [-0.1, -0.05) is 12.1 Å². The van der Waals surface area contributed by atoms with Gasteiger partial charge in [0.15, 0.2) is 17.5 Å². The van der Waals surface area contributed by atoms with Crippen LogP contribution in [0.15, 0.2) is 36.4 Å². The Morgan fingerprint density at radius 2 is 1.73 bits per heavy atom. The van der Waals surface area contributed by atoms with Gasteiger partial charge in [0.25, 0.3) is 0 Å². The van der Waals surface area contributed by atoms with Crippen LogP contribution in [0.25, 0.3) is 10.9 Å². The lowest BCUT2D eigenvalue weighted by Gasteiger charge is -2.16. The second-order valence-electron chi connectivity index (χ2n) is 6.56. The summed E-state index contributed by atoms with van der Waals surface area (Å²) >= 11 is 0. The van der Waals surface area contributed by atoms with Crippen molar-refractivity contribution in [1.29, 1.82) is 0 Å². The fraction of sp³-hybridized carbons (Fsp3) is 0.263. The highest BCUT2D eigenvalue weighted by Crippen LogP contribution is 2.35. The Labute approximate surface area is 148 Å². The van der Waals surface area contributed by atoms with Crippen LogP contribution in [-0.2, 0) is 0 Å². The molecule has 0 radical (unpaired) electrons. The number of halogens is 3. The van der Waals surface area contributed by atoms with Crippen LogP contribution in [0.2, 0.25) is 0 Å². The molecule has 0 saturated heterocycles. The molecule has 134 valence electrons. The zero-order valence-corrected chi connectivity index (χ0v) is 14.1. The van der Waals surface area contributed by atoms with E-state index >= 15 is 0 Å². The first-order valence-corrected chi connectivity index (χ1v) is 8.46. The first-order chi connectivity index (χ1) is 12.5. The number of nitrogens with one attached hydrogen (secondary N) is 2. The maximum atomic E-state index is 13.4. The molecule has 3 aromatic rings. The van der Waals surface area contributed by atoms with Crippen LogP contribution in [0.5, 0.6) is 0 Å². The molecule has 0 amide bonds. The average Bonchev–Trinajstić information content (AvgIpc) is 3.45. The van der Waals surface area contributed by atoms with Crippen molar-refractivity contribution in [3.05, 3.63) is 53.8 Å². The molecular formula is C19H17F3N4. The predicted octanol–water partition coefficient (Wildman–Crippen LogP) is 5.00. The van der Waals surface area contributed by atoms with Crippen LogP contribution in [-0.4, -0.2) is 16.0 Å². The number of rotatable bonds is 5. The van der Waals surface area contributed by atoms with E-state index in [2.05, 4.69) is 27.5 Å². The molecule has 0 spiro atoms. The number of hydrogen-bond donors (Lipinski definition) is 2. The number of anilines is 3. The summed E-state index contributed by atoms with van der Waals surface area (Å²) in [6, 6.07) is 9.51. The third-order valence-corrected chi connectivity index (χ3v) is 4.54. The molecule has 0 unspecified atom stereocenters. The monoisotopic (exact) mass is 358 g/mol. The Morgan fingerprint density at radius 1 is 1.04 bits per heavy atom. The third-order valence-electron chi connectivity index (χ3n) is 4.54. The van der Waals surface area contributed by atoms with Gasteiger partial charge in [0.2, 0.25) is 5.95 Å². The molecule has 4 nitrogen and oxygen atoms in total. The third kappa shape index (κ3) is 3.29. The summed E-state index contributed by atoms with van der Waals surface area (Å²) in [5, 5.41) is 7.02. The number of hydrogen-bond acceptors (Lipinski definition) is 4. The first-order valence-electron chi connectivity index (χ1n) is 8.46. The number of aromatic nitrogens is 2. The van der Waals surface area contributed by atoms with Gasteiger partial charge in [0.05, 0.1) is 5.52 Å². The summed E-state index contributed by atoms with van der Waals surface area (Å²) in [4.78, 5) is 8.84. The van der Waals surface area contributed by atoms with Crippen molar-refractivity contribution in [2.75, 3.05) is 10.6 Å². The van der Waals surface area contributed by atoms with E-state index in [-0.39, 0.29) is 17.7 Å². The van der Waals surface area contributed by atoms with Gasteiger partial charge in [-0.2, -0.15) is 4.98 Å². The smallest absolute Gasteiger partial charge is 0.229 e. The number of benzene rings is 2. The Balaban J connectivity index is 1.70. The van der Waals surface area contributed by atoms with E-state index in [9.17, 15) is 13.2 Å². The summed E-state index contributed by atoms with van der Waals surface area (Å²) in [6.07, 6.45) is 2.38. The number of para-hydroxylation sites is 1. The first kappa shape index (κ1) is 16.6. The van der Waals surface area contributed by atoms with E-state index in [4.69, 9.17) is 0 Å². The molecule has 1 aliphatic carbocycles. The maximum Gasteiger partial charge on any atom is 0.229 e. The average molecular weight is 358 g/mol. The Morgan fingerprint density at radius 3 is 2.42 bits per heavy atom. The van der Waals surface area contributed by atoms with Gasteiger partial charge in [0.1, 0.15) is 5.82 Å². The standard InChI is InChI=1S/C19H17F3N4/c1-10(11-6-7-11)23-18-13-4-2-3-5-16(13)25-19(26-18)24-12-8-14(20)17(22)15(21)9-12/h2-5,8-11H,6-7H2,1H3,(H2,23,24,25,26)/t10-/m1/s1. The topological polar surface area (TPSA) is 49.8 Å². The van der Waals surface area contributed by atoms with E-state index in [1.165, 1.54) is 12.8 Å². The summed E-state index contributed by atoms with van der Waals surface area (Å²) in [5.74, 6) is -2.58. The van der Waals surface area contributed by atoms with E-state index in [1.54, 1.807) is 0 Å². The molecular weight excluding hydrogens is 341 g/mol. The van der Waals surface area contributed by atoms with Crippen LogP contribution in [0.1, 0.15) is 19.8 Å². The van der Waals surface area contributed by atoms with Crippen LogP contribution in [0.3, 0.4) is 0 Å². The molecule has 1 saturated carbocycles. The lowest BCUT2D eigenvalue weighted by Crippen LogP contribution is -2.19.